The van der Waals surface area contributed by atoms with Crippen LogP contribution in [0, 0.1) is 5.82 Å². The van der Waals surface area contributed by atoms with Crippen LogP contribution in [0.2, 0.25) is 0 Å². The number of thioether (sulfide) groups is 1. The molecule has 0 aliphatic carbocycles. The Bertz CT molecular complexity index is 395. The van der Waals surface area contributed by atoms with Crippen LogP contribution < -0.4 is 10.6 Å². The van der Waals surface area contributed by atoms with Crippen LogP contribution in [0.15, 0.2) is 18.2 Å². The summed E-state index contributed by atoms with van der Waals surface area (Å²) in [4.78, 5) is 2.28. The summed E-state index contributed by atoms with van der Waals surface area (Å²) in [6, 6.07) is 5.41. The Morgan fingerprint density at radius 2 is 2.29 bits per heavy atom. The van der Waals surface area contributed by atoms with Crippen LogP contribution in [0.4, 0.5) is 10.1 Å². The maximum Gasteiger partial charge on any atom is 0.130 e. The Balaban J connectivity index is 2.40. The third kappa shape index (κ3) is 2.58. The molecule has 0 radical (unpaired) electrons. The number of hydrogen-bond acceptors (Lipinski definition) is 3. The van der Waals surface area contributed by atoms with Gasteiger partial charge >= 0.3 is 0 Å². The second-order valence-electron chi connectivity index (χ2n) is 4.58. The molecule has 1 aromatic rings. The number of nitrogens with two attached hydrogens (primary N) is 1. The van der Waals surface area contributed by atoms with Crippen LogP contribution >= 0.6 is 11.8 Å². The third-order valence-corrected chi connectivity index (χ3v) is 4.35. The van der Waals surface area contributed by atoms with Crippen molar-refractivity contribution < 1.29 is 4.39 Å². The van der Waals surface area contributed by atoms with Gasteiger partial charge in [-0.3, -0.25) is 0 Å². The van der Waals surface area contributed by atoms with Gasteiger partial charge in [-0.25, -0.2) is 4.39 Å². The van der Waals surface area contributed by atoms with Crippen molar-refractivity contribution in [2.24, 2.45) is 5.73 Å². The summed E-state index contributed by atoms with van der Waals surface area (Å²) < 4.78 is 13.9. The lowest BCUT2D eigenvalue weighted by atomic mass is 10.0. The van der Waals surface area contributed by atoms with Gasteiger partial charge in [0.2, 0.25) is 0 Å². The van der Waals surface area contributed by atoms with Gasteiger partial charge in [-0.2, -0.15) is 11.8 Å². The van der Waals surface area contributed by atoms with Crippen molar-refractivity contribution in [1.29, 1.82) is 0 Å². The van der Waals surface area contributed by atoms with Gasteiger partial charge in [0.15, 0.2) is 0 Å². The number of nitrogens with zero attached hydrogens (tertiary/aromatic N) is 1. The SMILES string of the molecule is CC(N)c1c(F)cccc1N1CCSCC1C. The maximum absolute atomic E-state index is 13.9. The quantitative estimate of drug-likeness (QED) is 0.880. The van der Waals surface area contributed by atoms with E-state index < -0.39 is 0 Å². The smallest absolute Gasteiger partial charge is 0.130 e. The van der Waals surface area contributed by atoms with Crippen LogP contribution in [-0.2, 0) is 0 Å². The highest BCUT2D eigenvalue weighted by Gasteiger charge is 2.23. The van der Waals surface area contributed by atoms with Crippen molar-refractivity contribution in [2.75, 3.05) is 23.0 Å². The number of rotatable bonds is 2. The standard InChI is InChI=1S/C13H19FN2S/c1-9-8-17-7-6-16(9)12-5-3-4-11(14)13(12)10(2)15/h3-5,9-10H,6-8,15H2,1-2H3. The second-order valence-corrected chi connectivity index (χ2v) is 5.73. The molecule has 0 amide bonds. The molecule has 1 heterocycles. The third-order valence-electron chi connectivity index (χ3n) is 3.16. The molecule has 2 nitrogen and oxygen atoms in total. The molecule has 2 unspecified atom stereocenters. The van der Waals surface area contributed by atoms with Crippen molar-refractivity contribution in [3.05, 3.63) is 29.6 Å². The van der Waals surface area contributed by atoms with Crippen LogP contribution in [-0.4, -0.2) is 24.1 Å². The Kier molecular flexibility index (Phi) is 3.94. The molecular weight excluding hydrogens is 235 g/mol. The van der Waals surface area contributed by atoms with Crippen LogP contribution in [0.1, 0.15) is 25.5 Å². The van der Waals surface area contributed by atoms with Gasteiger partial charge < -0.3 is 10.6 Å². The van der Waals surface area contributed by atoms with Crippen LogP contribution in [0.25, 0.3) is 0 Å². The average molecular weight is 254 g/mol. The van der Waals surface area contributed by atoms with E-state index in [1.165, 1.54) is 6.07 Å². The molecule has 0 saturated carbocycles. The van der Waals surface area contributed by atoms with E-state index in [0.717, 1.165) is 23.7 Å². The van der Waals surface area contributed by atoms with Crippen molar-refractivity contribution >= 4 is 17.4 Å². The normalized spacial score (nSPS) is 22.6. The van der Waals surface area contributed by atoms with Gasteiger partial charge in [0.1, 0.15) is 5.82 Å². The number of hydrogen-bond donors (Lipinski definition) is 1. The molecular formula is C13H19FN2S. The molecule has 1 fully saturated rings. The number of anilines is 1. The van der Waals surface area contributed by atoms with E-state index in [4.69, 9.17) is 5.73 Å². The van der Waals surface area contributed by atoms with E-state index in [-0.39, 0.29) is 11.9 Å². The summed E-state index contributed by atoms with van der Waals surface area (Å²) >= 11 is 1.95. The van der Waals surface area contributed by atoms with E-state index in [1.807, 2.05) is 24.8 Å². The first-order valence-electron chi connectivity index (χ1n) is 5.99. The molecule has 0 spiro atoms. The van der Waals surface area contributed by atoms with Crippen molar-refractivity contribution in [1.82, 2.24) is 0 Å². The summed E-state index contributed by atoms with van der Waals surface area (Å²) in [7, 11) is 0. The summed E-state index contributed by atoms with van der Waals surface area (Å²) in [5.74, 6) is 2.00. The van der Waals surface area contributed by atoms with E-state index in [2.05, 4.69) is 11.8 Å². The van der Waals surface area contributed by atoms with Gasteiger partial charge in [0.25, 0.3) is 0 Å². The molecule has 4 heteroatoms. The van der Waals surface area contributed by atoms with E-state index in [0.29, 0.717) is 11.6 Å². The fourth-order valence-corrected chi connectivity index (χ4v) is 3.33. The number of benzene rings is 1. The van der Waals surface area contributed by atoms with E-state index >= 15 is 0 Å². The minimum atomic E-state index is -0.270. The zero-order valence-corrected chi connectivity index (χ0v) is 11.1. The Morgan fingerprint density at radius 1 is 1.53 bits per heavy atom. The number of halogens is 1. The summed E-state index contributed by atoms with van der Waals surface area (Å²) in [5, 5.41) is 0. The first-order chi connectivity index (χ1) is 8.11. The molecule has 2 rings (SSSR count). The Labute approximate surface area is 106 Å². The molecule has 17 heavy (non-hydrogen) atoms. The fraction of sp³-hybridized carbons (Fsp3) is 0.538. The zero-order chi connectivity index (χ0) is 12.4. The molecule has 2 atom stereocenters. The lowest BCUT2D eigenvalue weighted by molar-refractivity contribution is 0.587. The summed E-state index contributed by atoms with van der Waals surface area (Å²) in [6.45, 7) is 4.99. The van der Waals surface area contributed by atoms with Gasteiger partial charge in [0.05, 0.1) is 0 Å². The predicted octanol–water partition coefficient (Wildman–Crippen LogP) is 2.79. The largest absolute Gasteiger partial charge is 0.367 e. The first-order valence-corrected chi connectivity index (χ1v) is 7.15. The molecule has 1 aliphatic heterocycles. The highest BCUT2D eigenvalue weighted by molar-refractivity contribution is 7.99. The molecule has 0 bridgehead atoms. The fourth-order valence-electron chi connectivity index (χ4n) is 2.31. The van der Waals surface area contributed by atoms with Crippen molar-refractivity contribution in [3.63, 3.8) is 0 Å². The van der Waals surface area contributed by atoms with Crippen LogP contribution in [0.3, 0.4) is 0 Å². The molecule has 1 aliphatic rings. The highest BCUT2D eigenvalue weighted by Crippen LogP contribution is 2.31. The van der Waals surface area contributed by atoms with Gasteiger partial charge in [-0.05, 0) is 26.0 Å². The lowest BCUT2D eigenvalue weighted by Crippen LogP contribution is -2.41. The molecule has 0 aromatic heterocycles. The summed E-state index contributed by atoms with van der Waals surface area (Å²) in [5.41, 5.74) is 7.51. The van der Waals surface area contributed by atoms with E-state index in [9.17, 15) is 4.39 Å². The average Bonchev–Trinajstić information content (AvgIpc) is 2.28. The maximum atomic E-state index is 13.9. The van der Waals surface area contributed by atoms with Crippen LogP contribution in [0.5, 0.6) is 0 Å². The van der Waals surface area contributed by atoms with Crippen molar-refractivity contribution in [2.45, 2.75) is 25.9 Å². The predicted molar refractivity (Wildman–Crippen MR) is 73.1 cm³/mol. The second kappa shape index (κ2) is 5.27. The topological polar surface area (TPSA) is 29.3 Å². The first kappa shape index (κ1) is 12.7. The zero-order valence-electron chi connectivity index (χ0n) is 10.3. The van der Waals surface area contributed by atoms with Gasteiger partial charge in [0, 0.05) is 41.4 Å². The molecule has 94 valence electrons. The highest BCUT2D eigenvalue weighted by atomic mass is 32.2. The van der Waals surface area contributed by atoms with Crippen molar-refractivity contribution in [3.8, 4) is 0 Å². The Morgan fingerprint density at radius 3 is 2.94 bits per heavy atom. The molecule has 1 aromatic carbocycles. The molecule has 2 N–H and O–H groups in total. The van der Waals surface area contributed by atoms with Gasteiger partial charge in [-0.1, -0.05) is 6.07 Å². The molecule has 1 saturated heterocycles. The minimum absolute atomic E-state index is 0.192. The van der Waals surface area contributed by atoms with E-state index in [1.54, 1.807) is 6.07 Å². The minimum Gasteiger partial charge on any atom is -0.367 e. The lowest BCUT2D eigenvalue weighted by Gasteiger charge is -2.37. The Hall–Kier alpha value is -0.740. The summed E-state index contributed by atoms with van der Waals surface area (Å²) in [6.07, 6.45) is 0. The monoisotopic (exact) mass is 254 g/mol. The van der Waals surface area contributed by atoms with Gasteiger partial charge in [-0.15, -0.1) is 0 Å².